The molecule has 1 aliphatic heterocycles. The average molecular weight is 240 g/mol. The van der Waals surface area contributed by atoms with Crippen LogP contribution in [0.25, 0.3) is 0 Å². The summed E-state index contributed by atoms with van der Waals surface area (Å²) in [6.07, 6.45) is -0.779. The van der Waals surface area contributed by atoms with Gasteiger partial charge in [0.15, 0.2) is 6.10 Å². The Morgan fingerprint density at radius 3 is 2.24 bits per heavy atom. The van der Waals surface area contributed by atoms with Crippen molar-refractivity contribution in [2.24, 2.45) is 0 Å². The lowest BCUT2D eigenvalue weighted by Gasteiger charge is -2.15. The molecule has 1 fully saturated rings. The van der Waals surface area contributed by atoms with E-state index in [-0.39, 0.29) is 12.7 Å². The first kappa shape index (κ1) is 13.4. The quantitative estimate of drug-likeness (QED) is 0.393. The maximum Gasteiger partial charge on any atom is 0.333 e. The second kappa shape index (κ2) is 5.63. The van der Waals surface area contributed by atoms with Crippen LogP contribution in [0.15, 0.2) is 24.3 Å². The molecule has 0 bridgehead atoms. The van der Waals surface area contributed by atoms with Gasteiger partial charge in [-0.15, -0.1) is 0 Å². The lowest BCUT2D eigenvalue weighted by Crippen LogP contribution is -2.30. The molecule has 1 aliphatic rings. The molecule has 0 N–H and O–H groups in total. The van der Waals surface area contributed by atoms with Gasteiger partial charge in [0.1, 0.15) is 12.7 Å². The molecule has 0 aromatic carbocycles. The molecule has 0 aromatic rings. The lowest BCUT2D eigenvalue weighted by atomic mass is 10.2. The summed E-state index contributed by atoms with van der Waals surface area (Å²) in [5.41, 5.74) is 0.591. The molecule has 0 radical (unpaired) electrons. The standard InChI is InChI=1S/C12H16O5/c1-7(2)11(13)16-6-10(9-5-15-9)17-12(14)8(3)4/h9-10H,1,3,5-6H2,2,4H3. The summed E-state index contributed by atoms with van der Waals surface area (Å²) in [6, 6.07) is 0. The van der Waals surface area contributed by atoms with Crippen LogP contribution in [0.4, 0.5) is 0 Å². The van der Waals surface area contributed by atoms with Crippen molar-refractivity contribution in [1.29, 1.82) is 0 Å². The molecular formula is C12H16O5. The molecule has 0 aromatic heterocycles. The molecule has 0 spiro atoms. The highest BCUT2D eigenvalue weighted by Gasteiger charge is 2.36. The summed E-state index contributed by atoms with van der Waals surface area (Å²) in [5.74, 6) is -1.03. The summed E-state index contributed by atoms with van der Waals surface area (Å²) >= 11 is 0. The van der Waals surface area contributed by atoms with Crippen LogP contribution < -0.4 is 0 Å². The van der Waals surface area contributed by atoms with E-state index in [9.17, 15) is 9.59 Å². The molecule has 94 valence electrons. The van der Waals surface area contributed by atoms with E-state index in [0.29, 0.717) is 17.8 Å². The number of carbonyl (C=O) groups excluding carboxylic acids is 2. The fourth-order valence-electron chi connectivity index (χ4n) is 1.01. The molecule has 0 aliphatic carbocycles. The van der Waals surface area contributed by atoms with E-state index in [2.05, 4.69) is 13.2 Å². The van der Waals surface area contributed by atoms with Crippen LogP contribution in [-0.2, 0) is 23.8 Å². The molecule has 5 heteroatoms. The minimum Gasteiger partial charge on any atom is -0.458 e. The second-order valence-corrected chi connectivity index (χ2v) is 3.97. The highest BCUT2D eigenvalue weighted by molar-refractivity contribution is 5.87. The summed E-state index contributed by atoms with van der Waals surface area (Å²) < 4.78 is 15.0. The normalized spacial score (nSPS) is 19.1. The van der Waals surface area contributed by atoms with Crippen LogP contribution in [0, 0.1) is 0 Å². The second-order valence-electron chi connectivity index (χ2n) is 3.97. The molecule has 17 heavy (non-hydrogen) atoms. The molecule has 1 saturated heterocycles. The number of epoxide rings is 1. The van der Waals surface area contributed by atoms with Crippen LogP contribution >= 0.6 is 0 Å². The molecule has 2 unspecified atom stereocenters. The highest BCUT2D eigenvalue weighted by Crippen LogP contribution is 2.18. The fraction of sp³-hybridized carbons (Fsp3) is 0.500. The first-order valence-corrected chi connectivity index (χ1v) is 5.22. The van der Waals surface area contributed by atoms with Crippen LogP contribution in [0.2, 0.25) is 0 Å². The van der Waals surface area contributed by atoms with Gasteiger partial charge in [-0.2, -0.15) is 0 Å². The van der Waals surface area contributed by atoms with E-state index in [1.807, 2.05) is 0 Å². The van der Waals surface area contributed by atoms with Crippen LogP contribution in [0.3, 0.4) is 0 Å². The van der Waals surface area contributed by atoms with Crippen LogP contribution in [0.5, 0.6) is 0 Å². The van der Waals surface area contributed by atoms with Crippen molar-refractivity contribution in [2.75, 3.05) is 13.2 Å². The predicted octanol–water partition coefficient (Wildman–Crippen LogP) is 0.992. The van der Waals surface area contributed by atoms with Gasteiger partial charge in [-0.3, -0.25) is 0 Å². The minimum absolute atomic E-state index is 0.0324. The molecule has 5 nitrogen and oxygen atoms in total. The number of carbonyl (C=O) groups is 2. The van der Waals surface area contributed by atoms with E-state index in [0.717, 1.165) is 0 Å². The first-order chi connectivity index (χ1) is 7.91. The highest BCUT2D eigenvalue weighted by atomic mass is 16.6. The molecule has 2 atom stereocenters. The Morgan fingerprint density at radius 1 is 1.29 bits per heavy atom. The molecule has 1 heterocycles. The Morgan fingerprint density at radius 2 is 1.82 bits per heavy atom. The Bertz CT molecular complexity index is 354. The van der Waals surface area contributed by atoms with Gasteiger partial charge in [0.05, 0.1) is 6.61 Å². The van der Waals surface area contributed by atoms with E-state index in [4.69, 9.17) is 14.2 Å². The van der Waals surface area contributed by atoms with Crippen molar-refractivity contribution in [3.8, 4) is 0 Å². The van der Waals surface area contributed by atoms with Crippen molar-refractivity contribution in [3.05, 3.63) is 24.3 Å². The summed E-state index contributed by atoms with van der Waals surface area (Å²) in [5, 5.41) is 0. The Hall–Kier alpha value is -1.62. The van der Waals surface area contributed by atoms with Crippen molar-refractivity contribution in [2.45, 2.75) is 26.1 Å². The van der Waals surface area contributed by atoms with E-state index >= 15 is 0 Å². The van der Waals surface area contributed by atoms with E-state index in [1.54, 1.807) is 13.8 Å². The topological polar surface area (TPSA) is 65.1 Å². The van der Waals surface area contributed by atoms with Gasteiger partial charge in [-0.1, -0.05) is 13.2 Å². The first-order valence-electron chi connectivity index (χ1n) is 5.22. The van der Waals surface area contributed by atoms with Gasteiger partial charge in [-0.05, 0) is 13.8 Å². The van der Waals surface area contributed by atoms with Gasteiger partial charge in [0.2, 0.25) is 0 Å². The van der Waals surface area contributed by atoms with Gasteiger partial charge in [0, 0.05) is 11.1 Å². The summed E-state index contributed by atoms with van der Waals surface area (Å²) in [6.45, 7) is 10.5. The molecule has 0 amide bonds. The molecule has 1 rings (SSSR count). The largest absolute Gasteiger partial charge is 0.458 e. The van der Waals surface area contributed by atoms with Crippen molar-refractivity contribution in [3.63, 3.8) is 0 Å². The maximum atomic E-state index is 11.3. The van der Waals surface area contributed by atoms with Crippen LogP contribution in [0.1, 0.15) is 13.8 Å². The van der Waals surface area contributed by atoms with Gasteiger partial charge in [-0.25, -0.2) is 9.59 Å². The maximum absolute atomic E-state index is 11.3. The average Bonchev–Trinajstić information content (AvgIpc) is 3.06. The number of hydrogen-bond donors (Lipinski definition) is 0. The lowest BCUT2D eigenvalue weighted by molar-refractivity contribution is -0.155. The summed E-state index contributed by atoms with van der Waals surface area (Å²) in [7, 11) is 0. The minimum atomic E-state index is -0.581. The predicted molar refractivity (Wildman–Crippen MR) is 60.2 cm³/mol. The SMILES string of the molecule is C=C(C)C(=O)OCC(OC(=O)C(=C)C)C1CO1. The zero-order valence-electron chi connectivity index (χ0n) is 10.0. The number of hydrogen-bond acceptors (Lipinski definition) is 5. The Kier molecular flexibility index (Phi) is 4.45. The van der Waals surface area contributed by atoms with E-state index < -0.39 is 18.0 Å². The van der Waals surface area contributed by atoms with Crippen molar-refractivity contribution in [1.82, 2.24) is 0 Å². The van der Waals surface area contributed by atoms with E-state index in [1.165, 1.54) is 0 Å². The number of rotatable bonds is 6. The van der Waals surface area contributed by atoms with Crippen molar-refractivity contribution < 1.29 is 23.8 Å². The molecular weight excluding hydrogens is 224 g/mol. The smallest absolute Gasteiger partial charge is 0.333 e. The third-order valence-electron chi connectivity index (χ3n) is 2.11. The van der Waals surface area contributed by atoms with Gasteiger partial charge >= 0.3 is 11.9 Å². The zero-order valence-corrected chi connectivity index (χ0v) is 10.0. The van der Waals surface area contributed by atoms with Crippen LogP contribution in [-0.4, -0.2) is 37.4 Å². The Balaban J connectivity index is 2.44. The summed E-state index contributed by atoms with van der Waals surface area (Å²) in [4.78, 5) is 22.5. The third-order valence-corrected chi connectivity index (χ3v) is 2.11. The number of ether oxygens (including phenoxy) is 3. The monoisotopic (exact) mass is 240 g/mol. The third kappa shape index (κ3) is 4.40. The van der Waals surface area contributed by atoms with Gasteiger partial charge < -0.3 is 14.2 Å². The van der Waals surface area contributed by atoms with Gasteiger partial charge in [0.25, 0.3) is 0 Å². The molecule has 0 saturated carbocycles. The van der Waals surface area contributed by atoms with Crippen molar-refractivity contribution >= 4 is 11.9 Å². The number of esters is 2. The Labute approximate surface area is 100 Å². The zero-order chi connectivity index (χ0) is 13.0. The fourth-order valence-corrected chi connectivity index (χ4v) is 1.01.